The van der Waals surface area contributed by atoms with E-state index < -0.39 is 0 Å². The Bertz CT molecular complexity index is 585. The summed E-state index contributed by atoms with van der Waals surface area (Å²) in [5, 5.41) is 4.20. The summed E-state index contributed by atoms with van der Waals surface area (Å²) in [4.78, 5) is 2.41. The van der Waals surface area contributed by atoms with Gasteiger partial charge in [0, 0.05) is 30.3 Å². The lowest BCUT2D eigenvalue weighted by Crippen LogP contribution is -2.19. The van der Waals surface area contributed by atoms with Crippen LogP contribution in [0.2, 0.25) is 5.02 Å². The van der Waals surface area contributed by atoms with Crippen LogP contribution in [-0.4, -0.2) is 6.54 Å². The SMILES string of the molecule is CCNCc1ccc(Cl)cc1N1Cc2ccccc2C1. The summed E-state index contributed by atoms with van der Waals surface area (Å²) in [6.07, 6.45) is 0. The van der Waals surface area contributed by atoms with Gasteiger partial charge in [-0.15, -0.1) is 0 Å². The summed E-state index contributed by atoms with van der Waals surface area (Å²) >= 11 is 6.19. The first-order chi connectivity index (χ1) is 9.78. The minimum Gasteiger partial charge on any atom is -0.363 e. The molecule has 0 bridgehead atoms. The lowest BCUT2D eigenvalue weighted by Gasteiger charge is -2.22. The van der Waals surface area contributed by atoms with Crippen molar-refractivity contribution >= 4 is 17.3 Å². The predicted octanol–water partition coefficient (Wildman–Crippen LogP) is 3.97. The van der Waals surface area contributed by atoms with Crippen molar-refractivity contribution in [2.24, 2.45) is 0 Å². The van der Waals surface area contributed by atoms with Crippen molar-refractivity contribution in [2.75, 3.05) is 11.4 Å². The minimum atomic E-state index is 0.802. The molecule has 3 heteroatoms. The average molecular weight is 287 g/mol. The molecule has 20 heavy (non-hydrogen) atoms. The van der Waals surface area contributed by atoms with E-state index in [9.17, 15) is 0 Å². The summed E-state index contributed by atoms with van der Waals surface area (Å²) in [6, 6.07) is 14.8. The molecule has 104 valence electrons. The topological polar surface area (TPSA) is 15.3 Å². The highest BCUT2D eigenvalue weighted by molar-refractivity contribution is 6.30. The highest BCUT2D eigenvalue weighted by atomic mass is 35.5. The number of nitrogens with one attached hydrogen (secondary N) is 1. The van der Waals surface area contributed by atoms with Crippen LogP contribution in [0.3, 0.4) is 0 Å². The van der Waals surface area contributed by atoms with Crippen LogP contribution in [0.15, 0.2) is 42.5 Å². The van der Waals surface area contributed by atoms with Crippen LogP contribution in [0, 0.1) is 0 Å². The molecule has 0 saturated heterocycles. The summed E-state index contributed by atoms with van der Waals surface area (Å²) < 4.78 is 0. The standard InChI is InChI=1S/C17H19ClN2/c1-2-19-10-13-7-8-16(18)9-17(13)20-11-14-5-3-4-6-15(14)12-20/h3-9,19H,2,10-12H2,1H3. The fraction of sp³-hybridized carbons (Fsp3) is 0.294. The van der Waals surface area contributed by atoms with E-state index in [1.54, 1.807) is 0 Å². The van der Waals surface area contributed by atoms with Gasteiger partial charge in [0.05, 0.1) is 0 Å². The van der Waals surface area contributed by atoms with Crippen LogP contribution in [0.1, 0.15) is 23.6 Å². The molecule has 2 aromatic carbocycles. The van der Waals surface area contributed by atoms with Gasteiger partial charge in [0.2, 0.25) is 0 Å². The van der Waals surface area contributed by atoms with Gasteiger partial charge in [0.15, 0.2) is 0 Å². The normalized spacial score (nSPS) is 13.6. The molecule has 1 heterocycles. The van der Waals surface area contributed by atoms with Gasteiger partial charge in [-0.25, -0.2) is 0 Å². The number of hydrogen-bond donors (Lipinski definition) is 1. The molecule has 0 amide bonds. The number of nitrogens with zero attached hydrogens (tertiary/aromatic N) is 1. The number of halogens is 1. The molecule has 2 aromatic rings. The first-order valence-corrected chi connectivity index (χ1v) is 7.46. The van der Waals surface area contributed by atoms with E-state index in [0.717, 1.165) is 31.2 Å². The monoisotopic (exact) mass is 286 g/mol. The predicted molar refractivity (Wildman–Crippen MR) is 85.2 cm³/mol. The summed E-state index contributed by atoms with van der Waals surface area (Å²) in [6.45, 7) is 5.92. The van der Waals surface area contributed by atoms with E-state index in [1.807, 2.05) is 6.07 Å². The molecule has 0 atom stereocenters. The van der Waals surface area contributed by atoms with Gasteiger partial charge in [0.1, 0.15) is 0 Å². The molecule has 3 rings (SSSR count). The van der Waals surface area contributed by atoms with Crippen LogP contribution < -0.4 is 10.2 Å². The summed E-state index contributed by atoms with van der Waals surface area (Å²) in [7, 11) is 0. The molecule has 0 radical (unpaired) electrons. The molecular weight excluding hydrogens is 268 g/mol. The molecule has 1 N–H and O–H groups in total. The highest BCUT2D eigenvalue weighted by Crippen LogP contribution is 2.32. The van der Waals surface area contributed by atoms with Crippen molar-refractivity contribution in [3.63, 3.8) is 0 Å². The maximum atomic E-state index is 6.19. The van der Waals surface area contributed by atoms with E-state index in [1.165, 1.54) is 22.4 Å². The van der Waals surface area contributed by atoms with E-state index in [0.29, 0.717) is 0 Å². The molecule has 0 aromatic heterocycles. The maximum absolute atomic E-state index is 6.19. The average Bonchev–Trinajstić information content (AvgIpc) is 2.89. The second kappa shape index (κ2) is 5.86. The van der Waals surface area contributed by atoms with Crippen LogP contribution in [0.4, 0.5) is 5.69 Å². The van der Waals surface area contributed by atoms with E-state index in [4.69, 9.17) is 11.6 Å². The molecule has 1 aliphatic rings. The zero-order chi connectivity index (χ0) is 13.9. The Morgan fingerprint density at radius 2 is 1.80 bits per heavy atom. The number of fused-ring (bicyclic) bond motifs is 1. The quantitative estimate of drug-likeness (QED) is 0.915. The van der Waals surface area contributed by atoms with Crippen molar-refractivity contribution in [1.82, 2.24) is 5.32 Å². The Morgan fingerprint density at radius 1 is 1.10 bits per heavy atom. The maximum Gasteiger partial charge on any atom is 0.0436 e. The first-order valence-electron chi connectivity index (χ1n) is 7.09. The van der Waals surface area contributed by atoms with Crippen molar-refractivity contribution < 1.29 is 0 Å². The smallest absolute Gasteiger partial charge is 0.0436 e. The molecule has 2 nitrogen and oxygen atoms in total. The van der Waals surface area contributed by atoms with Gasteiger partial charge in [-0.05, 0) is 35.4 Å². The van der Waals surface area contributed by atoms with Crippen LogP contribution in [-0.2, 0) is 19.6 Å². The highest BCUT2D eigenvalue weighted by Gasteiger charge is 2.20. The Morgan fingerprint density at radius 3 is 2.45 bits per heavy atom. The summed E-state index contributed by atoms with van der Waals surface area (Å²) in [5.41, 5.74) is 5.39. The van der Waals surface area contributed by atoms with Crippen molar-refractivity contribution in [3.05, 3.63) is 64.2 Å². The lowest BCUT2D eigenvalue weighted by molar-refractivity contribution is 0.721. The van der Waals surface area contributed by atoms with Gasteiger partial charge in [0.25, 0.3) is 0 Å². The molecule has 0 aliphatic carbocycles. The minimum absolute atomic E-state index is 0.802. The third-order valence-corrected chi connectivity index (χ3v) is 4.03. The molecule has 0 unspecified atom stereocenters. The fourth-order valence-corrected chi connectivity index (χ4v) is 2.91. The third kappa shape index (κ3) is 2.67. The van der Waals surface area contributed by atoms with Gasteiger partial charge in [-0.1, -0.05) is 48.9 Å². The van der Waals surface area contributed by atoms with E-state index in [-0.39, 0.29) is 0 Å². The number of anilines is 1. The fourth-order valence-electron chi connectivity index (χ4n) is 2.74. The Labute approximate surface area is 125 Å². The molecule has 0 fully saturated rings. The zero-order valence-corrected chi connectivity index (χ0v) is 12.5. The zero-order valence-electron chi connectivity index (χ0n) is 11.7. The van der Waals surface area contributed by atoms with Gasteiger partial charge in [-0.3, -0.25) is 0 Å². The Hall–Kier alpha value is -1.51. The van der Waals surface area contributed by atoms with Crippen molar-refractivity contribution in [2.45, 2.75) is 26.6 Å². The van der Waals surface area contributed by atoms with Crippen LogP contribution >= 0.6 is 11.6 Å². The van der Waals surface area contributed by atoms with Crippen molar-refractivity contribution in [3.8, 4) is 0 Å². The first kappa shape index (κ1) is 13.5. The molecular formula is C17H19ClN2. The number of hydrogen-bond acceptors (Lipinski definition) is 2. The Balaban J connectivity index is 1.89. The van der Waals surface area contributed by atoms with E-state index in [2.05, 4.69) is 53.5 Å². The van der Waals surface area contributed by atoms with Gasteiger partial charge in [-0.2, -0.15) is 0 Å². The Kier molecular flexibility index (Phi) is 3.95. The molecule has 1 aliphatic heterocycles. The van der Waals surface area contributed by atoms with Crippen LogP contribution in [0.5, 0.6) is 0 Å². The number of rotatable bonds is 4. The van der Waals surface area contributed by atoms with E-state index >= 15 is 0 Å². The van der Waals surface area contributed by atoms with Crippen molar-refractivity contribution in [1.29, 1.82) is 0 Å². The van der Waals surface area contributed by atoms with Crippen LogP contribution in [0.25, 0.3) is 0 Å². The largest absolute Gasteiger partial charge is 0.363 e. The van der Waals surface area contributed by atoms with Gasteiger partial charge < -0.3 is 10.2 Å². The lowest BCUT2D eigenvalue weighted by atomic mass is 10.1. The van der Waals surface area contributed by atoms with Gasteiger partial charge >= 0.3 is 0 Å². The third-order valence-electron chi connectivity index (χ3n) is 3.79. The molecule has 0 spiro atoms. The second-order valence-corrected chi connectivity index (χ2v) is 5.61. The molecule has 0 saturated carbocycles. The second-order valence-electron chi connectivity index (χ2n) is 5.18. The number of benzene rings is 2. The summed E-state index contributed by atoms with van der Waals surface area (Å²) in [5.74, 6) is 0.